The van der Waals surface area contributed by atoms with Crippen molar-refractivity contribution in [2.75, 3.05) is 5.73 Å². The highest BCUT2D eigenvalue weighted by Gasteiger charge is 2.25. The number of anilines is 1. The van der Waals surface area contributed by atoms with E-state index in [0.717, 1.165) is 11.4 Å². The molecule has 0 saturated carbocycles. The van der Waals surface area contributed by atoms with Crippen LogP contribution in [0.5, 0.6) is 0 Å². The highest BCUT2D eigenvalue weighted by molar-refractivity contribution is 9.10. The van der Waals surface area contributed by atoms with Gasteiger partial charge in [0.1, 0.15) is 5.82 Å². The first kappa shape index (κ1) is 13.0. The Bertz CT molecular complexity index is 586. The number of nitrogen functional groups attached to an aromatic ring is 1. The smallest absolute Gasteiger partial charge is 0.170 e. The molecule has 96 valence electrons. The molecule has 0 aliphatic heterocycles. The SMILES string of the molecule is CC(C)(C)c1c(N)nnn1-c1ccc(F)c(Br)c1. The van der Waals surface area contributed by atoms with Crippen LogP contribution >= 0.6 is 15.9 Å². The minimum Gasteiger partial charge on any atom is -0.381 e. The van der Waals surface area contributed by atoms with Crippen LogP contribution in [-0.2, 0) is 5.41 Å². The van der Waals surface area contributed by atoms with Crippen LogP contribution in [0, 0.1) is 5.82 Å². The maximum absolute atomic E-state index is 13.2. The van der Waals surface area contributed by atoms with Crippen molar-refractivity contribution in [2.45, 2.75) is 26.2 Å². The van der Waals surface area contributed by atoms with Crippen LogP contribution in [0.3, 0.4) is 0 Å². The lowest BCUT2D eigenvalue weighted by atomic mass is 9.91. The lowest BCUT2D eigenvalue weighted by Gasteiger charge is -2.20. The Labute approximate surface area is 113 Å². The molecule has 0 aliphatic carbocycles. The number of aromatic nitrogens is 3. The minimum absolute atomic E-state index is 0.200. The van der Waals surface area contributed by atoms with E-state index in [4.69, 9.17) is 5.73 Å². The van der Waals surface area contributed by atoms with E-state index in [2.05, 4.69) is 26.2 Å². The van der Waals surface area contributed by atoms with Crippen LogP contribution in [0.4, 0.5) is 10.2 Å². The highest BCUT2D eigenvalue weighted by Crippen LogP contribution is 2.29. The second-order valence-electron chi connectivity index (χ2n) is 5.08. The maximum Gasteiger partial charge on any atom is 0.170 e. The van der Waals surface area contributed by atoms with Gasteiger partial charge in [0.15, 0.2) is 5.82 Å². The summed E-state index contributed by atoms with van der Waals surface area (Å²) in [5, 5.41) is 7.91. The van der Waals surface area contributed by atoms with Gasteiger partial charge in [-0.25, -0.2) is 9.07 Å². The fourth-order valence-electron chi connectivity index (χ4n) is 1.79. The largest absolute Gasteiger partial charge is 0.381 e. The molecule has 0 unspecified atom stereocenters. The van der Waals surface area contributed by atoms with E-state index >= 15 is 0 Å². The summed E-state index contributed by atoms with van der Waals surface area (Å²) in [6.07, 6.45) is 0. The molecule has 6 heteroatoms. The van der Waals surface area contributed by atoms with E-state index in [-0.39, 0.29) is 11.2 Å². The predicted octanol–water partition coefficient (Wildman–Crippen LogP) is 3.05. The summed E-state index contributed by atoms with van der Waals surface area (Å²) >= 11 is 3.16. The van der Waals surface area contributed by atoms with E-state index in [0.29, 0.717) is 10.3 Å². The molecule has 0 atom stereocenters. The average molecular weight is 313 g/mol. The fraction of sp³-hybridized carbons (Fsp3) is 0.333. The van der Waals surface area contributed by atoms with Crippen molar-refractivity contribution >= 4 is 21.7 Å². The Morgan fingerprint density at radius 2 is 2.00 bits per heavy atom. The summed E-state index contributed by atoms with van der Waals surface area (Å²) in [4.78, 5) is 0. The fourth-order valence-corrected chi connectivity index (χ4v) is 2.16. The van der Waals surface area contributed by atoms with Gasteiger partial charge in [0.2, 0.25) is 0 Å². The third-order valence-corrected chi connectivity index (χ3v) is 3.16. The molecule has 1 aromatic heterocycles. The topological polar surface area (TPSA) is 56.7 Å². The maximum atomic E-state index is 13.2. The third-order valence-electron chi connectivity index (χ3n) is 2.55. The number of halogens is 2. The van der Waals surface area contributed by atoms with Gasteiger partial charge in [-0.3, -0.25) is 0 Å². The molecule has 2 N–H and O–H groups in total. The monoisotopic (exact) mass is 312 g/mol. The van der Waals surface area contributed by atoms with Crippen LogP contribution in [0.1, 0.15) is 26.5 Å². The zero-order valence-corrected chi connectivity index (χ0v) is 12.0. The zero-order chi connectivity index (χ0) is 13.5. The minimum atomic E-state index is -0.316. The van der Waals surface area contributed by atoms with Gasteiger partial charge in [-0.1, -0.05) is 26.0 Å². The normalized spacial score (nSPS) is 11.8. The molecule has 0 saturated heterocycles. The quantitative estimate of drug-likeness (QED) is 0.880. The number of nitrogens with two attached hydrogens (primary N) is 1. The van der Waals surface area contributed by atoms with E-state index < -0.39 is 0 Å². The second-order valence-corrected chi connectivity index (χ2v) is 5.94. The van der Waals surface area contributed by atoms with Crippen molar-refractivity contribution in [3.05, 3.63) is 34.2 Å². The third kappa shape index (κ3) is 2.25. The lowest BCUT2D eigenvalue weighted by molar-refractivity contribution is 0.543. The molecule has 0 amide bonds. The van der Waals surface area contributed by atoms with Crippen LogP contribution in [0.2, 0.25) is 0 Å². The van der Waals surface area contributed by atoms with Crippen molar-refractivity contribution in [3.8, 4) is 5.69 Å². The molecule has 0 bridgehead atoms. The zero-order valence-electron chi connectivity index (χ0n) is 10.4. The molecular weight excluding hydrogens is 299 g/mol. The van der Waals surface area contributed by atoms with Gasteiger partial charge in [-0.15, -0.1) is 5.10 Å². The summed E-state index contributed by atoms with van der Waals surface area (Å²) in [7, 11) is 0. The molecule has 0 spiro atoms. The van der Waals surface area contributed by atoms with Crippen LogP contribution in [0.25, 0.3) is 5.69 Å². The van der Waals surface area contributed by atoms with E-state index in [1.165, 1.54) is 6.07 Å². The van der Waals surface area contributed by atoms with Crippen LogP contribution < -0.4 is 5.73 Å². The van der Waals surface area contributed by atoms with Crippen molar-refractivity contribution in [1.82, 2.24) is 15.0 Å². The summed E-state index contributed by atoms with van der Waals surface area (Å²) in [6.45, 7) is 6.07. The molecule has 0 aliphatic rings. The molecule has 2 aromatic rings. The van der Waals surface area contributed by atoms with E-state index in [1.54, 1.807) is 16.8 Å². The second kappa shape index (κ2) is 4.35. The first-order chi connectivity index (χ1) is 8.30. The Hall–Kier alpha value is -1.43. The van der Waals surface area contributed by atoms with Gasteiger partial charge < -0.3 is 5.73 Å². The number of hydrogen-bond acceptors (Lipinski definition) is 3. The summed E-state index contributed by atoms with van der Waals surface area (Å²) in [6, 6.07) is 4.67. The predicted molar refractivity (Wildman–Crippen MR) is 72.1 cm³/mol. The molecule has 4 nitrogen and oxygen atoms in total. The van der Waals surface area contributed by atoms with E-state index in [9.17, 15) is 4.39 Å². The van der Waals surface area contributed by atoms with E-state index in [1.807, 2.05) is 20.8 Å². The van der Waals surface area contributed by atoms with Crippen LogP contribution in [0.15, 0.2) is 22.7 Å². The Balaban J connectivity index is 2.61. The Morgan fingerprint density at radius 3 is 2.56 bits per heavy atom. The first-order valence-corrected chi connectivity index (χ1v) is 6.27. The van der Waals surface area contributed by atoms with Gasteiger partial charge in [0.05, 0.1) is 15.9 Å². The highest BCUT2D eigenvalue weighted by atomic mass is 79.9. The van der Waals surface area contributed by atoms with Gasteiger partial charge in [-0.2, -0.15) is 0 Å². The lowest BCUT2D eigenvalue weighted by Crippen LogP contribution is -2.19. The number of hydrogen-bond donors (Lipinski definition) is 1. The molecule has 18 heavy (non-hydrogen) atoms. The van der Waals surface area contributed by atoms with Gasteiger partial charge >= 0.3 is 0 Å². The van der Waals surface area contributed by atoms with Crippen molar-refractivity contribution in [2.24, 2.45) is 0 Å². The Kier molecular flexibility index (Phi) is 3.14. The standard InChI is InChI=1S/C12H14BrFN4/c1-12(2,3)10-11(15)16-17-18(10)7-4-5-9(14)8(13)6-7/h4-6H,15H2,1-3H3. The molecule has 1 aromatic carbocycles. The summed E-state index contributed by atoms with van der Waals surface area (Å²) in [5.41, 5.74) is 7.18. The summed E-state index contributed by atoms with van der Waals surface area (Å²) < 4.78 is 15.3. The molecule has 0 radical (unpaired) electrons. The molecule has 1 heterocycles. The van der Waals surface area contributed by atoms with Crippen molar-refractivity contribution in [1.29, 1.82) is 0 Å². The van der Waals surface area contributed by atoms with Crippen LogP contribution in [-0.4, -0.2) is 15.0 Å². The van der Waals surface area contributed by atoms with Crippen molar-refractivity contribution < 1.29 is 4.39 Å². The number of benzene rings is 1. The first-order valence-electron chi connectivity index (χ1n) is 5.48. The molecule has 0 fully saturated rings. The van der Waals surface area contributed by atoms with Gasteiger partial charge in [0.25, 0.3) is 0 Å². The molecule has 2 rings (SSSR count). The van der Waals surface area contributed by atoms with Gasteiger partial charge in [-0.05, 0) is 34.1 Å². The average Bonchev–Trinajstić information content (AvgIpc) is 2.64. The number of rotatable bonds is 1. The number of nitrogens with zero attached hydrogens (tertiary/aromatic N) is 3. The summed E-state index contributed by atoms with van der Waals surface area (Å²) in [5.74, 6) is 0.0760. The van der Waals surface area contributed by atoms with Crippen molar-refractivity contribution in [3.63, 3.8) is 0 Å². The van der Waals surface area contributed by atoms with Gasteiger partial charge in [0, 0.05) is 5.41 Å². The Morgan fingerprint density at radius 1 is 1.33 bits per heavy atom. The molecular formula is C12H14BrFN4.